The lowest BCUT2D eigenvalue weighted by atomic mass is 10.0. The molecule has 0 aliphatic heterocycles. The van der Waals surface area contributed by atoms with Gasteiger partial charge < -0.3 is 20.3 Å². The highest BCUT2D eigenvalue weighted by atomic mass is 35.5. The van der Waals surface area contributed by atoms with Crippen LogP contribution in [0.2, 0.25) is 5.02 Å². The van der Waals surface area contributed by atoms with E-state index in [1.54, 1.807) is 18.2 Å². The molecule has 0 aromatic heterocycles. The maximum absolute atomic E-state index is 9.55. The molecular weight excluding hydrogens is 408 g/mol. The molecule has 0 radical (unpaired) electrons. The van der Waals surface area contributed by atoms with Gasteiger partial charge in [0, 0.05) is 29.8 Å². The van der Waals surface area contributed by atoms with Crippen molar-refractivity contribution in [3.63, 3.8) is 0 Å². The molecule has 0 saturated heterocycles. The summed E-state index contributed by atoms with van der Waals surface area (Å²) in [5.74, 6) is -1.23. The molecule has 0 aliphatic carbocycles. The smallest absolute Gasteiger partial charge is 0.328 e. The van der Waals surface area contributed by atoms with Gasteiger partial charge in [0.2, 0.25) is 0 Å². The molecule has 0 aliphatic rings. The third-order valence-electron chi connectivity index (χ3n) is 3.75. The second kappa shape index (κ2) is 13.0. The summed E-state index contributed by atoms with van der Waals surface area (Å²) in [6.07, 6.45) is 3.07. The predicted octanol–water partition coefficient (Wildman–Crippen LogP) is 4.39. The summed E-state index contributed by atoms with van der Waals surface area (Å²) in [4.78, 5) is 19.1. The molecule has 0 spiro atoms. The summed E-state index contributed by atoms with van der Waals surface area (Å²) in [6, 6.07) is 13.2. The number of carbonyl (C=O) groups is 2. The van der Waals surface area contributed by atoms with Crippen LogP contribution in [0.5, 0.6) is 11.5 Å². The lowest BCUT2D eigenvalue weighted by molar-refractivity contribution is -0.134. The van der Waals surface area contributed by atoms with Gasteiger partial charge >= 0.3 is 11.9 Å². The van der Waals surface area contributed by atoms with Crippen LogP contribution in [0.25, 0.3) is 0 Å². The zero-order chi connectivity index (χ0) is 22.5. The van der Waals surface area contributed by atoms with Gasteiger partial charge in [0.05, 0.1) is 5.56 Å². The second-order valence-corrected chi connectivity index (χ2v) is 6.47. The molecule has 158 valence electrons. The van der Waals surface area contributed by atoms with E-state index in [1.807, 2.05) is 19.2 Å². The van der Waals surface area contributed by atoms with Crippen LogP contribution in [0.3, 0.4) is 0 Å². The molecule has 30 heavy (non-hydrogen) atoms. The minimum Gasteiger partial charge on any atom is -0.478 e. The van der Waals surface area contributed by atoms with E-state index in [0.29, 0.717) is 28.5 Å². The van der Waals surface area contributed by atoms with Crippen molar-refractivity contribution in [2.45, 2.75) is 26.3 Å². The van der Waals surface area contributed by atoms with Crippen molar-refractivity contribution in [1.29, 1.82) is 5.26 Å². The molecule has 2 aromatic rings. The molecule has 8 heteroatoms. The Balaban J connectivity index is 0.000000479. The molecule has 0 atom stereocenters. The van der Waals surface area contributed by atoms with E-state index in [4.69, 9.17) is 26.6 Å². The number of hydrogen-bond acceptors (Lipinski definition) is 5. The van der Waals surface area contributed by atoms with Crippen LogP contribution < -0.4 is 10.1 Å². The Bertz CT molecular complexity index is 935. The lowest BCUT2D eigenvalue weighted by Crippen LogP contribution is -2.08. The van der Waals surface area contributed by atoms with Crippen LogP contribution in [0.15, 0.2) is 48.6 Å². The molecule has 0 fully saturated rings. The molecule has 0 bridgehead atoms. The minimum atomic E-state index is -1.26. The van der Waals surface area contributed by atoms with Crippen LogP contribution in [0.4, 0.5) is 0 Å². The average molecular weight is 431 g/mol. The van der Waals surface area contributed by atoms with Gasteiger partial charge in [-0.1, -0.05) is 37.1 Å². The number of carboxylic acids is 2. The van der Waals surface area contributed by atoms with Gasteiger partial charge in [-0.3, -0.25) is 0 Å². The topological polar surface area (TPSA) is 120 Å². The zero-order valence-electron chi connectivity index (χ0n) is 16.7. The number of halogens is 1. The first-order valence-corrected chi connectivity index (χ1v) is 9.46. The Morgan fingerprint density at radius 1 is 1.17 bits per heavy atom. The Hall–Kier alpha value is -3.34. The van der Waals surface area contributed by atoms with Gasteiger partial charge in [-0.25, -0.2) is 9.59 Å². The Morgan fingerprint density at radius 3 is 2.37 bits per heavy atom. The number of hydrogen-bond donors (Lipinski definition) is 3. The van der Waals surface area contributed by atoms with Gasteiger partial charge in [-0.2, -0.15) is 5.26 Å². The summed E-state index contributed by atoms with van der Waals surface area (Å²) >= 11 is 6.02. The first-order valence-electron chi connectivity index (χ1n) is 9.09. The number of rotatable bonds is 8. The van der Waals surface area contributed by atoms with Crippen LogP contribution in [0, 0.1) is 11.3 Å². The molecule has 2 rings (SSSR count). The van der Waals surface area contributed by atoms with Gasteiger partial charge in [0.25, 0.3) is 0 Å². The number of benzene rings is 2. The molecule has 2 aromatic carbocycles. The maximum Gasteiger partial charge on any atom is 0.328 e. The fourth-order valence-corrected chi connectivity index (χ4v) is 2.69. The van der Waals surface area contributed by atoms with E-state index in [-0.39, 0.29) is 0 Å². The Kier molecular flexibility index (Phi) is 10.7. The molecular formula is C22H23ClN2O5. The van der Waals surface area contributed by atoms with Gasteiger partial charge in [-0.15, -0.1) is 0 Å². The molecule has 3 N–H and O–H groups in total. The number of nitrogens with zero attached hydrogens (tertiary/aromatic N) is 1. The van der Waals surface area contributed by atoms with E-state index in [1.165, 1.54) is 11.1 Å². The largest absolute Gasteiger partial charge is 0.478 e. The highest BCUT2D eigenvalue weighted by Crippen LogP contribution is 2.32. The van der Waals surface area contributed by atoms with E-state index in [9.17, 15) is 14.9 Å². The number of aliphatic carboxylic acids is 2. The van der Waals surface area contributed by atoms with Crippen molar-refractivity contribution < 1.29 is 24.5 Å². The van der Waals surface area contributed by atoms with E-state index < -0.39 is 11.9 Å². The van der Waals surface area contributed by atoms with Crippen molar-refractivity contribution in [2.75, 3.05) is 7.05 Å². The standard InChI is InChI=1S/C18H19ClN2O.C4H4O4/c1-3-5-16-14(12-21-2)6-4-7-17(16)22-18-10-15(19)9-8-13(18)11-20;5-3(6)1-2-4(7)8/h4,6-10,21H,3,5,12H2,1-2H3;1-2H,(H,5,6)(H,7,8)/b;2-1+. The number of carboxylic acid groups (broad SMARTS) is 2. The van der Waals surface area contributed by atoms with Crippen molar-refractivity contribution in [2.24, 2.45) is 0 Å². The molecule has 0 amide bonds. The normalized spacial score (nSPS) is 10.1. The monoisotopic (exact) mass is 430 g/mol. The fourth-order valence-electron chi connectivity index (χ4n) is 2.53. The lowest BCUT2D eigenvalue weighted by Gasteiger charge is -2.16. The summed E-state index contributed by atoms with van der Waals surface area (Å²) in [6.45, 7) is 2.92. The molecule has 0 saturated carbocycles. The maximum atomic E-state index is 9.55. The van der Waals surface area contributed by atoms with Crippen molar-refractivity contribution >= 4 is 23.5 Å². The van der Waals surface area contributed by atoms with Crippen LogP contribution in [-0.2, 0) is 22.6 Å². The SMILES string of the molecule is CCCc1c(CNC)cccc1Oc1cc(Cl)ccc1C#N.O=C(O)/C=C/C(=O)O. The second-order valence-electron chi connectivity index (χ2n) is 6.04. The van der Waals surface area contributed by atoms with E-state index >= 15 is 0 Å². The van der Waals surface area contributed by atoms with Crippen molar-refractivity contribution in [3.8, 4) is 17.6 Å². The Labute approximate surface area is 180 Å². The summed E-state index contributed by atoms with van der Waals surface area (Å²) in [5, 5.41) is 28.6. The van der Waals surface area contributed by atoms with E-state index in [0.717, 1.165) is 25.1 Å². The van der Waals surface area contributed by atoms with Crippen LogP contribution in [-0.4, -0.2) is 29.2 Å². The average Bonchev–Trinajstić information content (AvgIpc) is 2.70. The molecule has 7 nitrogen and oxygen atoms in total. The van der Waals surface area contributed by atoms with Gasteiger partial charge in [-0.05, 0) is 42.8 Å². The first-order chi connectivity index (χ1) is 14.3. The molecule has 0 heterocycles. The third kappa shape index (κ3) is 8.35. The highest BCUT2D eigenvalue weighted by molar-refractivity contribution is 6.30. The van der Waals surface area contributed by atoms with E-state index in [2.05, 4.69) is 24.4 Å². The minimum absolute atomic E-state index is 0.478. The van der Waals surface area contributed by atoms with Crippen LogP contribution >= 0.6 is 11.6 Å². The Morgan fingerprint density at radius 2 is 1.83 bits per heavy atom. The summed E-state index contributed by atoms with van der Waals surface area (Å²) in [5.41, 5.74) is 2.86. The predicted molar refractivity (Wildman–Crippen MR) is 114 cm³/mol. The fraction of sp³-hybridized carbons (Fsp3) is 0.227. The third-order valence-corrected chi connectivity index (χ3v) is 3.98. The van der Waals surface area contributed by atoms with Crippen molar-refractivity contribution in [3.05, 3.63) is 70.3 Å². The van der Waals surface area contributed by atoms with Crippen LogP contribution in [0.1, 0.15) is 30.0 Å². The van der Waals surface area contributed by atoms with Gasteiger partial charge in [0.15, 0.2) is 0 Å². The number of nitriles is 1. The first kappa shape index (κ1) is 24.7. The van der Waals surface area contributed by atoms with Gasteiger partial charge in [0.1, 0.15) is 17.6 Å². The zero-order valence-corrected chi connectivity index (χ0v) is 17.4. The highest BCUT2D eigenvalue weighted by Gasteiger charge is 2.12. The summed E-state index contributed by atoms with van der Waals surface area (Å²) in [7, 11) is 1.92. The molecule has 0 unspecified atom stereocenters. The quantitative estimate of drug-likeness (QED) is 0.531. The summed E-state index contributed by atoms with van der Waals surface area (Å²) < 4.78 is 6.02. The van der Waals surface area contributed by atoms with Crippen molar-refractivity contribution in [1.82, 2.24) is 5.32 Å². The number of nitrogens with one attached hydrogen (secondary N) is 1. The number of ether oxygens (including phenoxy) is 1.